The molecule has 0 radical (unpaired) electrons. The number of hydrogen-bond donors (Lipinski definition) is 2. The first kappa shape index (κ1) is 17.0. The summed E-state index contributed by atoms with van der Waals surface area (Å²) >= 11 is 1.26. The minimum absolute atomic E-state index is 0.367. The highest BCUT2D eigenvalue weighted by atomic mass is 32.2. The Labute approximate surface area is 138 Å². The largest absolute Gasteiger partial charge is 0.334 e. The van der Waals surface area contributed by atoms with Crippen molar-refractivity contribution in [1.29, 1.82) is 0 Å². The lowest BCUT2D eigenvalue weighted by atomic mass is 10.2. The van der Waals surface area contributed by atoms with E-state index in [1.165, 1.54) is 11.8 Å². The van der Waals surface area contributed by atoms with Gasteiger partial charge in [-0.3, -0.25) is 10.1 Å². The van der Waals surface area contributed by atoms with Crippen molar-refractivity contribution >= 4 is 23.7 Å². The number of carbonyl (C=O) groups is 2. The van der Waals surface area contributed by atoms with Gasteiger partial charge in [0.2, 0.25) is 5.91 Å². The van der Waals surface area contributed by atoms with Crippen molar-refractivity contribution < 1.29 is 9.59 Å². The van der Waals surface area contributed by atoms with E-state index in [9.17, 15) is 9.59 Å². The number of amides is 3. The van der Waals surface area contributed by atoms with E-state index in [-0.39, 0.29) is 5.91 Å². The van der Waals surface area contributed by atoms with Crippen LogP contribution in [0.3, 0.4) is 0 Å². The van der Waals surface area contributed by atoms with Gasteiger partial charge in [0.05, 0.1) is 5.25 Å². The quantitative estimate of drug-likeness (QED) is 0.787. The molecule has 2 N–H and O–H groups in total. The fraction of sp³-hybridized carbons (Fsp3) is 0.333. The van der Waals surface area contributed by atoms with Gasteiger partial charge < -0.3 is 9.88 Å². The fourth-order valence-corrected chi connectivity index (χ4v) is 2.69. The molecule has 0 fully saturated rings. The van der Waals surface area contributed by atoms with Crippen LogP contribution in [-0.4, -0.2) is 32.0 Å². The Morgan fingerprint density at radius 1 is 1.30 bits per heavy atom. The van der Waals surface area contributed by atoms with E-state index >= 15 is 0 Å². The monoisotopic (exact) mass is 333 g/mol. The number of benzene rings is 1. The summed E-state index contributed by atoms with van der Waals surface area (Å²) in [6.07, 6.45) is 1.61. The minimum Gasteiger partial charge on any atom is -0.334 e. The van der Waals surface area contributed by atoms with Gasteiger partial charge in [-0.2, -0.15) is 0 Å². The van der Waals surface area contributed by atoms with Gasteiger partial charge in [-0.1, -0.05) is 42.1 Å². The van der Waals surface area contributed by atoms with E-state index in [1.807, 2.05) is 41.8 Å². The molecule has 0 bridgehead atoms. The van der Waals surface area contributed by atoms with Crippen molar-refractivity contribution in [2.75, 3.05) is 0 Å². The number of hydrogen-bond acceptors (Lipinski definition) is 5. The van der Waals surface area contributed by atoms with Gasteiger partial charge in [0.1, 0.15) is 6.33 Å². The maximum Gasteiger partial charge on any atom is 0.321 e. The molecule has 0 aliphatic rings. The first-order chi connectivity index (χ1) is 11.1. The Morgan fingerprint density at radius 3 is 2.74 bits per heavy atom. The molecule has 1 heterocycles. The summed E-state index contributed by atoms with van der Waals surface area (Å²) in [7, 11) is 0. The highest BCUT2D eigenvalue weighted by Crippen LogP contribution is 2.20. The zero-order chi connectivity index (χ0) is 16.7. The smallest absolute Gasteiger partial charge is 0.321 e. The number of rotatable bonds is 6. The third-order valence-corrected chi connectivity index (χ3v) is 4.20. The zero-order valence-electron chi connectivity index (χ0n) is 13.0. The molecule has 2 aromatic rings. The summed E-state index contributed by atoms with van der Waals surface area (Å²) in [5.41, 5.74) is 0.966. The van der Waals surface area contributed by atoms with Crippen molar-refractivity contribution in [1.82, 2.24) is 25.4 Å². The summed E-state index contributed by atoms with van der Waals surface area (Å²) in [6, 6.07) is 8.98. The minimum atomic E-state index is -0.511. The number of nitrogens with one attached hydrogen (secondary N) is 2. The average Bonchev–Trinajstić information content (AvgIpc) is 3.01. The van der Waals surface area contributed by atoms with Crippen LogP contribution < -0.4 is 10.6 Å². The molecule has 23 heavy (non-hydrogen) atoms. The molecule has 0 unspecified atom stereocenters. The van der Waals surface area contributed by atoms with E-state index in [0.717, 1.165) is 12.1 Å². The predicted molar refractivity (Wildman–Crippen MR) is 87.8 cm³/mol. The Bertz CT molecular complexity index is 659. The first-order valence-corrected chi connectivity index (χ1v) is 8.15. The van der Waals surface area contributed by atoms with Crippen LogP contribution in [0, 0.1) is 0 Å². The third-order valence-electron chi connectivity index (χ3n) is 3.10. The normalized spacial score (nSPS) is 11.7. The van der Waals surface area contributed by atoms with E-state index in [2.05, 4.69) is 20.8 Å². The molecule has 0 spiro atoms. The molecule has 8 heteroatoms. The van der Waals surface area contributed by atoms with Crippen LogP contribution in [0.1, 0.15) is 19.4 Å². The molecule has 2 rings (SSSR count). The van der Waals surface area contributed by atoms with Crippen LogP contribution in [0.15, 0.2) is 41.8 Å². The molecule has 1 atom stereocenters. The molecule has 1 aromatic heterocycles. The Hall–Kier alpha value is -2.35. The molecule has 7 nitrogen and oxygen atoms in total. The predicted octanol–water partition coefficient (Wildman–Crippen LogP) is 1.80. The maximum absolute atomic E-state index is 12.0. The average molecular weight is 333 g/mol. The van der Waals surface area contributed by atoms with Gasteiger partial charge in [-0.05, 0) is 19.4 Å². The van der Waals surface area contributed by atoms with Crippen LogP contribution in [0.2, 0.25) is 0 Å². The number of imide groups is 1. The number of urea groups is 1. The fourth-order valence-electron chi connectivity index (χ4n) is 1.80. The number of aromatic nitrogens is 3. The van der Waals surface area contributed by atoms with Crippen molar-refractivity contribution in [3.63, 3.8) is 0 Å². The maximum atomic E-state index is 12.0. The first-order valence-electron chi connectivity index (χ1n) is 7.27. The molecule has 0 aliphatic carbocycles. The number of thioether (sulfide) groups is 1. The lowest BCUT2D eigenvalue weighted by Crippen LogP contribution is -2.42. The summed E-state index contributed by atoms with van der Waals surface area (Å²) in [5, 5.41) is 13.0. The Kier molecular flexibility index (Phi) is 6.16. The summed E-state index contributed by atoms with van der Waals surface area (Å²) in [4.78, 5) is 23.8. The SMILES string of the molecule is CCn1cnnc1S[C@@H](C)C(=O)NC(=O)NCc1ccccc1. The molecule has 0 saturated heterocycles. The van der Waals surface area contributed by atoms with Crippen molar-refractivity contribution in [3.8, 4) is 0 Å². The van der Waals surface area contributed by atoms with E-state index < -0.39 is 11.3 Å². The second kappa shape index (κ2) is 8.33. The molecule has 0 aliphatic heterocycles. The van der Waals surface area contributed by atoms with Gasteiger partial charge in [0.15, 0.2) is 5.16 Å². The lowest BCUT2D eigenvalue weighted by Gasteiger charge is -2.11. The van der Waals surface area contributed by atoms with Crippen molar-refractivity contribution in [2.45, 2.75) is 37.3 Å². The van der Waals surface area contributed by atoms with Crippen LogP contribution in [0.4, 0.5) is 4.79 Å². The molecular weight excluding hydrogens is 314 g/mol. The third kappa shape index (κ3) is 5.10. The summed E-state index contributed by atoms with van der Waals surface area (Å²) in [5.74, 6) is -0.369. The second-order valence-electron chi connectivity index (χ2n) is 4.82. The summed E-state index contributed by atoms with van der Waals surface area (Å²) < 4.78 is 1.84. The topological polar surface area (TPSA) is 88.9 Å². The van der Waals surface area contributed by atoms with Crippen LogP contribution in [0.5, 0.6) is 0 Å². The van der Waals surface area contributed by atoms with E-state index in [0.29, 0.717) is 11.7 Å². The number of aryl methyl sites for hydroxylation is 1. The van der Waals surface area contributed by atoms with Crippen LogP contribution >= 0.6 is 11.8 Å². The lowest BCUT2D eigenvalue weighted by molar-refractivity contribution is -0.119. The van der Waals surface area contributed by atoms with Gasteiger partial charge in [0.25, 0.3) is 0 Å². The second-order valence-corrected chi connectivity index (χ2v) is 6.13. The number of nitrogens with zero attached hydrogens (tertiary/aromatic N) is 3. The van der Waals surface area contributed by atoms with Crippen LogP contribution in [-0.2, 0) is 17.9 Å². The molecule has 3 amide bonds. The van der Waals surface area contributed by atoms with Gasteiger partial charge >= 0.3 is 6.03 Å². The van der Waals surface area contributed by atoms with E-state index in [4.69, 9.17) is 0 Å². The molecule has 122 valence electrons. The van der Waals surface area contributed by atoms with Gasteiger partial charge in [0, 0.05) is 13.1 Å². The van der Waals surface area contributed by atoms with Gasteiger partial charge in [-0.25, -0.2) is 4.79 Å². The van der Waals surface area contributed by atoms with Crippen molar-refractivity contribution in [3.05, 3.63) is 42.2 Å². The Balaban J connectivity index is 1.80. The zero-order valence-corrected chi connectivity index (χ0v) is 13.8. The standard InChI is InChI=1S/C15H19N5O2S/c1-3-20-10-17-19-15(20)23-11(2)13(21)18-14(22)16-9-12-7-5-4-6-8-12/h4-8,10-11H,3,9H2,1-2H3,(H2,16,18,21,22)/t11-/m0/s1. The van der Waals surface area contributed by atoms with Gasteiger partial charge in [-0.15, -0.1) is 10.2 Å². The van der Waals surface area contributed by atoms with E-state index in [1.54, 1.807) is 13.3 Å². The van der Waals surface area contributed by atoms with Crippen LogP contribution in [0.25, 0.3) is 0 Å². The van der Waals surface area contributed by atoms with Crippen molar-refractivity contribution in [2.24, 2.45) is 0 Å². The molecular formula is C15H19N5O2S. The molecule has 0 saturated carbocycles. The highest BCUT2D eigenvalue weighted by Gasteiger charge is 2.19. The molecule has 1 aromatic carbocycles. The summed E-state index contributed by atoms with van der Waals surface area (Å²) in [6.45, 7) is 4.78. The number of carbonyl (C=O) groups excluding carboxylic acids is 2. The highest BCUT2D eigenvalue weighted by molar-refractivity contribution is 8.00. The Morgan fingerprint density at radius 2 is 2.04 bits per heavy atom.